The van der Waals surface area contributed by atoms with Crippen molar-refractivity contribution < 1.29 is 0 Å². The first-order valence-electron chi connectivity index (χ1n) is 10.1. The number of aryl methyl sites for hydroxylation is 4. The molecule has 0 radical (unpaired) electrons. The summed E-state index contributed by atoms with van der Waals surface area (Å²) in [4.78, 5) is 0. The van der Waals surface area contributed by atoms with Gasteiger partial charge in [-0.3, -0.25) is 0 Å². The third kappa shape index (κ3) is 3.78. The van der Waals surface area contributed by atoms with Crippen LogP contribution in [0.5, 0.6) is 0 Å². The second kappa shape index (κ2) is 8.19. The molecule has 0 spiro atoms. The quantitative estimate of drug-likeness (QED) is 0.373. The monoisotopic (exact) mass is 494 g/mol. The first kappa shape index (κ1) is 20.0. The van der Waals surface area contributed by atoms with Gasteiger partial charge in [0.1, 0.15) is 0 Å². The van der Waals surface area contributed by atoms with Gasteiger partial charge in [-0.15, -0.1) is 0 Å². The summed E-state index contributed by atoms with van der Waals surface area (Å²) in [5.74, 6) is 0. The molecule has 0 bridgehead atoms. The average molecular weight is 492 g/mol. The standard InChI is InChI=1S/C28H28Te/c1-21-5-13-25(14-6-21)29(26-15-7-22(2)8-16-26,27-17-9-23(3)10-18-27)28-19-11-24(4)12-20-28/h5-20H,1-4H3. The molecular formula is C28H28Te. The van der Waals surface area contributed by atoms with Crippen LogP contribution in [0.1, 0.15) is 22.3 Å². The van der Waals surface area contributed by atoms with E-state index >= 15 is 0 Å². The van der Waals surface area contributed by atoms with E-state index in [1.807, 2.05) is 0 Å². The molecule has 0 atom stereocenters. The molecule has 0 nitrogen and oxygen atoms in total. The number of rotatable bonds is 4. The number of benzene rings is 4. The summed E-state index contributed by atoms with van der Waals surface area (Å²) >= 11 is -3.14. The average Bonchev–Trinajstić information content (AvgIpc) is 2.73. The van der Waals surface area contributed by atoms with Crippen LogP contribution in [0.25, 0.3) is 0 Å². The van der Waals surface area contributed by atoms with Crippen LogP contribution in [0.15, 0.2) is 97.1 Å². The van der Waals surface area contributed by atoms with E-state index in [0.29, 0.717) is 0 Å². The summed E-state index contributed by atoms with van der Waals surface area (Å²) in [6, 6.07) is 37.1. The zero-order valence-corrected chi connectivity index (χ0v) is 20.0. The van der Waals surface area contributed by atoms with Gasteiger partial charge in [-0.25, -0.2) is 0 Å². The maximum absolute atomic E-state index is 3.14. The van der Waals surface area contributed by atoms with E-state index in [0.717, 1.165) is 0 Å². The van der Waals surface area contributed by atoms with Crippen LogP contribution in [-0.2, 0) is 0 Å². The Labute approximate surface area is 179 Å². The second-order valence-corrected chi connectivity index (χ2v) is 16.7. The maximum atomic E-state index is 2.37. The van der Waals surface area contributed by atoms with Crippen LogP contribution in [0, 0.1) is 27.7 Å². The predicted octanol–water partition coefficient (Wildman–Crippen LogP) is 4.30. The fraction of sp³-hybridized carbons (Fsp3) is 0.143. The Morgan fingerprint density at radius 3 is 0.655 bits per heavy atom. The molecular weight excluding hydrogens is 464 g/mol. The molecule has 4 aromatic carbocycles. The Bertz CT molecular complexity index is 900. The van der Waals surface area contributed by atoms with E-state index in [9.17, 15) is 0 Å². The Morgan fingerprint density at radius 1 is 0.310 bits per heavy atom. The van der Waals surface area contributed by atoms with Crippen LogP contribution >= 0.6 is 0 Å². The molecule has 0 saturated heterocycles. The second-order valence-electron chi connectivity index (χ2n) is 7.86. The molecule has 0 fully saturated rings. The number of hydrogen-bond donors (Lipinski definition) is 0. The molecule has 0 amide bonds. The molecule has 0 saturated carbocycles. The van der Waals surface area contributed by atoms with Gasteiger partial charge in [-0.05, 0) is 0 Å². The number of hydrogen-bond acceptors (Lipinski definition) is 0. The summed E-state index contributed by atoms with van der Waals surface area (Å²) in [6.45, 7) is 8.68. The van der Waals surface area contributed by atoms with Crippen molar-refractivity contribution in [3.05, 3.63) is 119 Å². The normalized spacial score (nSPS) is 12.0. The van der Waals surface area contributed by atoms with E-state index in [2.05, 4.69) is 125 Å². The molecule has 0 aliphatic carbocycles. The van der Waals surface area contributed by atoms with Gasteiger partial charge >= 0.3 is 180 Å². The summed E-state index contributed by atoms with van der Waals surface area (Å²) in [5, 5.41) is 0. The van der Waals surface area contributed by atoms with Crippen molar-refractivity contribution in [2.45, 2.75) is 27.7 Å². The molecule has 4 rings (SSSR count). The van der Waals surface area contributed by atoms with E-state index in [1.54, 1.807) is 0 Å². The third-order valence-electron chi connectivity index (χ3n) is 5.50. The molecule has 0 aliphatic rings. The van der Waals surface area contributed by atoms with Crippen LogP contribution in [0.4, 0.5) is 0 Å². The molecule has 146 valence electrons. The van der Waals surface area contributed by atoms with Gasteiger partial charge < -0.3 is 0 Å². The molecule has 0 N–H and O–H groups in total. The van der Waals surface area contributed by atoms with Crippen molar-refractivity contribution in [1.29, 1.82) is 0 Å². The summed E-state index contributed by atoms with van der Waals surface area (Å²) in [7, 11) is 0. The Morgan fingerprint density at radius 2 is 0.483 bits per heavy atom. The summed E-state index contributed by atoms with van der Waals surface area (Å²) < 4.78 is 5.93. The van der Waals surface area contributed by atoms with Gasteiger partial charge in [-0.2, -0.15) is 0 Å². The molecule has 29 heavy (non-hydrogen) atoms. The van der Waals surface area contributed by atoms with Gasteiger partial charge in [-0.1, -0.05) is 0 Å². The van der Waals surface area contributed by atoms with Crippen LogP contribution in [0.3, 0.4) is 0 Å². The van der Waals surface area contributed by atoms with Crippen molar-refractivity contribution in [3.63, 3.8) is 0 Å². The zero-order chi connectivity index (χ0) is 20.4. The third-order valence-corrected chi connectivity index (χ3v) is 16.7. The molecule has 1 heteroatoms. The molecule has 0 aliphatic heterocycles. The molecule has 4 aromatic rings. The predicted molar refractivity (Wildman–Crippen MR) is 129 cm³/mol. The first-order valence-corrected chi connectivity index (χ1v) is 14.8. The van der Waals surface area contributed by atoms with E-state index in [1.165, 1.54) is 36.7 Å². The van der Waals surface area contributed by atoms with Crippen molar-refractivity contribution >= 4 is 32.6 Å². The first-order chi connectivity index (χ1) is 14.0. The molecule has 0 aromatic heterocycles. The van der Waals surface area contributed by atoms with Crippen molar-refractivity contribution in [1.82, 2.24) is 0 Å². The van der Waals surface area contributed by atoms with Crippen molar-refractivity contribution in [3.8, 4) is 0 Å². The van der Waals surface area contributed by atoms with E-state index in [4.69, 9.17) is 0 Å². The van der Waals surface area contributed by atoms with Gasteiger partial charge in [0.15, 0.2) is 0 Å². The fourth-order valence-electron chi connectivity index (χ4n) is 3.79. The van der Waals surface area contributed by atoms with Crippen LogP contribution in [0.2, 0.25) is 0 Å². The SMILES string of the molecule is Cc1ccc([Te](c2ccc(C)cc2)(c2ccc(C)cc2)c2ccc(C)cc2)cc1. The minimum absolute atomic E-state index is 1.31. The van der Waals surface area contributed by atoms with Crippen molar-refractivity contribution in [2.24, 2.45) is 0 Å². The van der Waals surface area contributed by atoms with Crippen molar-refractivity contribution in [2.75, 3.05) is 0 Å². The summed E-state index contributed by atoms with van der Waals surface area (Å²) in [6.07, 6.45) is 0. The van der Waals surface area contributed by atoms with Gasteiger partial charge in [0.25, 0.3) is 0 Å². The summed E-state index contributed by atoms with van der Waals surface area (Å²) in [5.41, 5.74) is 5.23. The minimum atomic E-state index is -3.14. The van der Waals surface area contributed by atoms with Gasteiger partial charge in [0.2, 0.25) is 0 Å². The van der Waals surface area contributed by atoms with Crippen LogP contribution < -0.4 is 14.4 Å². The Kier molecular flexibility index (Phi) is 5.64. The van der Waals surface area contributed by atoms with E-state index in [-0.39, 0.29) is 0 Å². The molecule has 0 heterocycles. The topological polar surface area (TPSA) is 0 Å². The Hall–Kier alpha value is -2.33. The zero-order valence-electron chi connectivity index (χ0n) is 17.6. The fourth-order valence-corrected chi connectivity index (χ4v) is 14.7. The van der Waals surface area contributed by atoms with Gasteiger partial charge in [0.05, 0.1) is 0 Å². The Balaban J connectivity index is 2.11. The van der Waals surface area contributed by atoms with E-state index < -0.39 is 18.2 Å². The molecule has 0 unspecified atom stereocenters. The van der Waals surface area contributed by atoms with Gasteiger partial charge in [0, 0.05) is 0 Å². The van der Waals surface area contributed by atoms with Crippen LogP contribution in [-0.4, -0.2) is 18.2 Å².